The number of likely N-dealkylation sites (tertiary alicyclic amines) is 1. The smallest absolute Gasteiger partial charge is 0.409 e. The molecule has 0 bridgehead atoms. The first-order valence-electron chi connectivity index (χ1n) is 14.3. The molecular weight excluding hydrogens is 520 g/mol. The number of carbonyl (C=O) groups excluding carboxylic acids is 4. The zero-order valence-electron chi connectivity index (χ0n) is 22.5. The largest absolute Gasteiger partial charge is 0.448 e. The Kier molecular flexibility index (Phi) is 6.33. The standard InChI is InChI=1S/C33H30N2O6/c36-30-25-15-7-8-16-26(25)31(37)35(30)41-32(38)28-18-34(17-27(28)20-9-1-2-10-20)33(39)40-19-29-23-13-5-3-11-21(23)22-12-4-6-14-24(22)29/h3-8,11-16,20,27-29H,1-2,9-10,17-19H2/t27-,28+/m0/s1. The lowest BCUT2D eigenvalue weighted by Crippen LogP contribution is -2.38. The van der Waals surface area contributed by atoms with Crippen LogP contribution in [0.3, 0.4) is 0 Å². The molecule has 2 aliphatic carbocycles. The van der Waals surface area contributed by atoms with E-state index < -0.39 is 29.8 Å². The molecule has 208 valence electrons. The van der Waals surface area contributed by atoms with Gasteiger partial charge in [0.05, 0.1) is 17.0 Å². The van der Waals surface area contributed by atoms with Crippen molar-refractivity contribution in [2.24, 2.45) is 17.8 Å². The second-order valence-electron chi connectivity index (χ2n) is 11.4. The van der Waals surface area contributed by atoms with Crippen LogP contribution in [0.4, 0.5) is 4.79 Å². The molecule has 0 spiro atoms. The zero-order valence-corrected chi connectivity index (χ0v) is 22.5. The van der Waals surface area contributed by atoms with E-state index in [2.05, 4.69) is 24.3 Å². The van der Waals surface area contributed by atoms with E-state index in [0.717, 1.165) is 47.9 Å². The van der Waals surface area contributed by atoms with Crippen molar-refractivity contribution in [1.29, 1.82) is 0 Å². The van der Waals surface area contributed by atoms with Gasteiger partial charge in [0.25, 0.3) is 11.8 Å². The quantitative estimate of drug-likeness (QED) is 0.394. The van der Waals surface area contributed by atoms with Gasteiger partial charge in [-0.05, 0) is 46.2 Å². The van der Waals surface area contributed by atoms with Gasteiger partial charge in [-0.1, -0.05) is 91.4 Å². The van der Waals surface area contributed by atoms with Crippen LogP contribution in [0.5, 0.6) is 0 Å². The minimum atomic E-state index is -0.662. The van der Waals surface area contributed by atoms with E-state index >= 15 is 0 Å². The molecule has 3 aromatic rings. The van der Waals surface area contributed by atoms with Crippen molar-refractivity contribution in [1.82, 2.24) is 9.96 Å². The molecule has 2 aliphatic heterocycles. The third kappa shape index (κ3) is 4.29. The van der Waals surface area contributed by atoms with Gasteiger partial charge >= 0.3 is 12.1 Å². The van der Waals surface area contributed by atoms with Gasteiger partial charge in [0.2, 0.25) is 0 Å². The molecule has 8 nitrogen and oxygen atoms in total. The van der Waals surface area contributed by atoms with Crippen molar-refractivity contribution in [3.8, 4) is 11.1 Å². The number of hydroxylamine groups is 2. The van der Waals surface area contributed by atoms with Crippen LogP contribution < -0.4 is 0 Å². The van der Waals surface area contributed by atoms with Gasteiger partial charge in [-0.15, -0.1) is 0 Å². The molecule has 0 aromatic heterocycles. The maximum atomic E-state index is 13.5. The summed E-state index contributed by atoms with van der Waals surface area (Å²) < 4.78 is 5.89. The van der Waals surface area contributed by atoms with E-state index in [-0.39, 0.29) is 42.0 Å². The van der Waals surface area contributed by atoms with Crippen LogP contribution >= 0.6 is 0 Å². The fourth-order valence-corrected chi connectivity index (χ4v) is 7.18. The van der Waals surface area contributed by atoms with Crippen molar-refractivity contribution in [3.63, 3.8) is 0 Å². The van der Waals surface area contributed by atoms with Crippen molar-refractivity contribution in [3.05, 3.63) is 95.1 Å². The minimum absolute atomic E-state index is 0.0610. The molecule has 3 amide bonds. The van der Waals surface area contributed by atoms with E-state index in [4.69, 9.17) is 9.57 Å². The molecule has 0 unspecified atom stereocenters. The first-order chi connectivity index (χ1) is 20.0. The summed E-state index contributed by atoms with van der Waals surface area (Å²) in [4.78, 5) is 59.5. The molecule has 3 aromatic carbocycles. The average Bonchev–Trinajstić information content (AvgIpc) is 3.79. The van der Waals surface area contributed by atoms with Crippen molar-refractivity contribution in [2.45, 2.75) is 31.6 Å². The first-order valence-corrected chi connectivity index (χ1v) is 14.3. The maximum absolute atomic E-state index is 13.5. The van der Waals surface area contributed by atoms with Crippen molar-refractivity contribution in [2.75, 3.05) is 19.7 Å². The number of amides is 3. The van der Waals surface area contributed by atoms with E-state index in [1.807, 2.05) is 24.3 Å². The summed E-state index contributed by atoms with van der Waals surface area (Å²) >= 11 is 0. The summed E-state index contributed by atoms with van der Waals surface area (Å²) in [7, 11) is 0. The van der Waals surface area contributed by atoms with Gasteiger partial charge < -0.3 is 14.5 Å². The first kappa shape index (κ1) is 25.5. The van der Waals surface area contributed by atoms with E-state index in [0.29, 0.717) is 11.6 Å². The number of hydrogen-bond donors (Lipinski definition) is 0. The minimum Gasteiger partial charge on any atom is -0.448 e. The van der Waals surface area contributed by atoms with Crippen molar-refractivity contribution < 1.29 is 28.8 Å². The highest BCUT2D eigenvalue weighted by Crippen LogP contribution is 2.45. The second-order valence-corrected chi connectivity index (χ2v) is 11.4. The molecule has 2 heterocycles. The molecule has 4 aliphatic rings. The van der Waals surface area contributed by atoms with Gasteiger partial charge in [0.1, 0.15) is 6.61 Å². The molecule has 0 N–H and O–H groups in total. The Hall–Kier alpha value is -4.46. The van der Waals surface area contributed by atoms with E-state index in [1.54, 1.807) is 29.2 Å². The Morgan fingerprint density at radius 2 is 1.27 bits per heavy atom. The summed E-state index contributed by atoms with van der Waals surface area (Å²) in [5.41, 5.74) is 5.00. The number of hydrogen-bond acceptors (Lipinski definition) is 6. The normalized spacial score (nSPS) is 21.7. The SMILES string of the molecule is O=C(ON1C(=O)c2ccccc2C1=O)[C@@H]1CN(C(=O)OCC2c3ccccc3-c3ccccc32)C[C@H]1C1CCCC1. The maximum Gasteiger partial charge on any atom is 0.409 e. The molecule has 1 saturated carbocycles. The summed E-state index contributed by atoms with van der Waals surface area (Å²) in [5, 5.41) is 0.564. The Morgan fingerprint density at radius 3 is 1.85 bits per heavy atom. The molecule has 41 heavy (non-hydrogen) atoms. The van der Waals surface area contributed by atoms with Crippen LogP contribution in [-0.4, -0.2) is 53.5 Å². The second kappa shape index (κ2) is 10.2. The summed E-state index contributed by atoms with van der Waals surface area (Å²) in [6, 6.07) is 22.8. The summed E-state index contributed by atoms with van der Waals surface area (Å²) in [5.74, 6) is -2.53. The van der Waals surface area contributed by atoms with Crippen LogP contribution in [0.15, 0.2) is 72.8 Å². The molecule has 0 radical (unpaired) electrons. The fraction of sp³-hybridized carbons (Fsp3) is 0.333. The van der Waals surface area contributed by atoms with E-state index in [9.17, 15) is 19.2 Å². The average molecular weight is 551 g/mol. The lowest BCUT2D eigenvalue weighted by molar-refractivity contribution is -0.175. The lowest BCUT2D eigenvalue weighted by atomic mass is 9.83. The summed E-state index contributed by atoms with van der Waals surface area (Å²) in [6.45, 7) is 0.699. The van der Waals surface area contributed by atoms with Crippen LogP contribution in [0.25, 0.3) is 11.1 Å². The van der Waals surface area contributed by atoms with E-state index in [1.165, 1.54) is 0 Å². The van der Waals surface area contributed by atoms with Gasteiger partial charge in [-0.25, -0.2) is 9.59 Å². The number of rotatable bonds is 5. The number of imide groups is 1. The highest BCUT2D eigenvalue weighted by atomic mass is 16.7. The number of ether oxygens (including phenoxy) is 1. The predicted octanol–water partition coefficient (Wildman–Crippen LogP) is 5.43. The van der Waals surface area contributed by atoms with Crippen molar-refractivity contribution >= 4 is 23.9 Å². The Balaban J connectivity index is 1.06. The predicted molar refractivity (Wildman–Crippen MR) is 149 cm³/mol. The highest BCUT2D eigenvalue weighted by Gasteiger charge is 2.48. The molecule has 7 rings (SSSR count). The topological polar surface area (TPSA) is 93.2 Å². The van der Waals surface area contributed by atoms with Crippen LogP contribution in [0.2, 0.25) is 0 Å². The summed E-state index contributed by atoms with van der Waals surface area (Å²) in [6.07, 6.45) is 3.63. The number of benzene rings is 3. The van der Waals surface area contributed by atoms with Crippen LogP contribution in [-0.2, 0) is 14.4 Å². The third-order valence-electron chi connectivity index (χ3n) is 9.21. The molecule has 8 heteroatoms. The molecule has 1 saturated heterocycles. The lowest BCUT2D eigenvalue weighted by Gasteiger charge is -2.23. The molecule has 2 atom stereocenters. The van der Waals surface area contributed by atoms with Gasteiger partial charge in [-0.3, -0.25) is 9.59 Å². The molecule has 2 fully saturated rings. The Labute approximate surface area is 237 Å². The van der Waals surface area contributed by atoms with Gasteiger partial charge in [-0.2, -0.15) is 0 Å². The Morgan fingerprint density at radius 1 is 0.732 bits per heavy atom. The zero-order chi connectivity index (χ0) is 28.1. The fourth-order valence-electron chi connectivity index (χ4n) is 7.18. The highest BCUT2D eigenvalue weighted by molar-refractivity contribution is 6.20. The van der Waals surface area contributed by atoms with Gasteiger partial charge in [0.15, 0.2) is 0 Å². The van der Waals surface area contributed by atoms with Crippen LogP contribution in [0.1, 0.15) is 63.4 Å². The monoisotopic (exact) mass is 550 g/mol. The Bertz CT molecular complexity index is 1480. The molecular formula is C33H30N2O6. The number of nitrogens with zero attached hydrogens (tertiary/aromatic N) is 2. The number of fused-ring (bicyclic) bond motifs is 4. The van der Waals surface area contributed by atoms with Gasteiger partial charge in [0, 0.05) is 19.0 Å². The number of carbonyl (C=O) groups is 4. The third-order valence-corrected chi connectivity index (χ3v) is 9.21. The van der Waals surface area contributed by atoms with Crippen LogP contribution in [0, 0.1) is 17.8 Å².